The first kappa shape index (κ1) is 11.6. The van der Waals surface area contributed by atoms with Crippen molar-refractivity contribution in [3.05, 3.63) is 11.7 Å². The first-order valence-electron chi connectivity index (χ1n) is 4.91. The van der Waals surface area contributed by atoms with Crippen molar-refractivity contribution >= 4 is 5.97 Å². The molecule has 0 unspecified atom stereocenters. The molecule has 1 aromatic heterocycles. The number of hydrogen-bond donors (Lipinski definition) is 1. The molecule has 84 valence electrons. The molecule has 15 heavy (non-hydrogen) atoms. The van der Waals surface area contributed by atoms with Gasteiger partial charge in [0.05, 0.1) is 13.1 Å². The molecule has 0 saturated carbocycles. The Labute approximate surface area is 87.9 Å². The van der Waals surface area contributed by atoms with Gasteiger partial charge in [0, 0.05) is 6.42 Å². The van der Waals surface area contributed by atoms with E-state index in [0.717, 1.165) is 0 Å². The van der Waals surface area contributed by atoms with Crippen molar-refractivity contribution in [1.29, 1.82) is 0 Å². The van der Waals surface area contributed by atoms with E-state index < -0.39 is 5.97 Å². The molecule has 0 aliphatic rings. The van der Waals surface area contributed by atoms with Crippen LogP contribution in [0.15, 0.2) is 4.52 Å². The van der Waals surface area contributed by atoms with Gasteiger partial charge in [0.25, 0.3) is 0 Å². The Morgan fingerprint density at radius 2 is 2.27 bits per heavy atom. The zero-order valence-electron chi connectivity index (χ0n) is 8.93. The van der Waals surface area contributed by atoms with Gasteiger partial charge < -0.3 is 9.63 Å². The topological polar surface area (TPSA) is 79.5 Å². The van der Waals surface area contributed by atoms with Crippen molar-refractivity contribution in [3.63, 3.8) is 0 Å². The van der Waals surface area contributed by atoms with Crippen molar-refractivity contribution in [3.8, 4) is 0 Å². The van der Waals surface area contributed by atoms with Crippen LogP contribution >= 0.6 is 0 Å². The molecule has 6 heteroatoms. The number of carboxylic acids is 1. The highest BCUT2D eigenvalue weighted by Gasteiger charge is 2.12. The van der Waals surface area contributed by atoms with Gasteiger partial charge in [0.15, 0.2) is 5.82 Å². The maximum absolute atomic E-state index is 10.5. The van der Waals surface area contributed by atoms with Crippen LogP contribution in [0.25, 0.3) is 0 Å². The van der Waals surface area contributed by atoms with E-state index in [4.69, 9.17) is 9.63 Å². The highest BCUT2D eigenvalue weighted by molar-refractivity contribution is 5.69. The third kappa shape index (κ3) is 3.67. The summed E-state index contributed by atoms with van der Waals surface area (Å²) < 4.78 is 4.93. The summed E-state index contributed by atoms with van der Waals surface area (Å²) in [6.45, 7) is 4.86. The van der Waals surface area contributed by atoms with E-state index in [1.165, 1.54) is 0 Å². The molecule has 0 aliphatic carbocycles. The molecule has 0 fully saturated rings. The molecule has 0 bridgehead atoms. The minimum Gasteiger partial charge on any atom is -0.480 e. The maximum Gasteiger partial charge on any atom is 0.317 e. The smallest absolute Gasteiger partial charge is 0.317 e. The molecule has 1 aromatic rings. The molecular weight excluding hydrogens is 198 g/mol. The summed E-state index contributed by atoms with van der Waals surface area (Å²) in [5.41, 5.74) is 0. The monoisotopic (exact) mass is 213 g/mol. The first-order valence-corrected chi connectivity index (χ1v) is 4.91. The summed E-state index contributed by atoms with van der Waals surface area (Å²) in [7, 11) is 0. The van der Waals surface area contributed by atoms with Gasteiger partial charge in [-0.3, -0.25) is 9.69 Å². The molecule has 1 N–H and O–H groups in total. The second kappa shape index (κ2) is 5.45. The quantitative estimate of drug-likeness (QED) is 0.742. The number of carbonyl (C=O) groups is 1. The highest BCUT2D eigenvalue weighted by atomic mass is 16.5. The lowest BCUT2D eigenvalue weighted by molar-refractivity contribution is -0.138. The van der Waals surface area contributed by atoms with Gasteiger partial charge in [-0.15, -0.1) is 0 Å². The minimum absolute atomic E-state index is 0.00744. The summed E-state index contributed by atoms with van der Waals surface area (Å²) in [6, 6.07) is 0. The fraction of sp³-hybridized carbons (Fsp3) is 0.667. The fourth-order valence-electron chi connectivity index (χ4n) is 1.17. The number of nitrogens with zero attached hydrogens (tertiary/aromatic N) is 3. The second-order valence-corrected chi connectivity index (χ2v) is 3.15. The Morgan fingerprint density at radius 1 is 1.53 bits per heavy atom. The Kier molecular flexibility index (Phi) is 4.23. The highest BCUT2D eigenvalue weighted by Crippen LogP contribution is 2.02. The molecule has 0 aliphatic heterocycles. The molecule has 6 nitrogen and oxygen atoms in total. The van der Waals surface area contributed by atoms with Crippen LogP contribution in [0, 0.1) is 0 Å². The summed E-state index contributed by atoms with van der Waals surface area (Å²) in [4.78, 5) is 16.4. The molecule has 0 radical (unpaired) electrons. The number of aromatic nitrogens is 2. The van der Waals surface area contributed by atoms with E-state index in [2.05, 4.69) is 10.1 Å². The van der Waals surface area contributed by atoms with Crippen LogP contribution in [0.1, 0.15) is 25.6 Å². The van der Waals surface area contributed by atoms with Gasteiger partial charge in [-0.2, -0.15) is 4.98 Å². The number of carboxylic acid groups (broad SMARTS) is 1. The summed E-state index contributed by atoms with van der Waals surface area (Å²) >= 11 is 0. The average molecular weight is 213 g/mol. The van der Waals surface area contributed by atoms with Crippen LogP contribution in [-0.4, -0.2) is 39.2 Å². The number of aliphatic carboxylic acids is 1. The zero-order chi connectivity index (χ0) is 11.3. The van der Waals surface area contributed by atoms with Gasteiger partial charge in [0.1, 0.15) is 0 Å². The molecule has 0 aromatic carbocycles. The van der Waals surface area contributed by atoms with Crippen molar-refractivity contribution in [1.82, 2.24) is 15.0 Å². The fourth-order valence-corrected chi connectivity index (χ4v) is 1.17. The second-order valence-electron chi connectivity index (χ2n) is 3.15. The number of likely N-dealkylation sites (N-methyl/N-ethyl adjacent to an activating group) is 1. The van der Waals surface area contributed by atoms with Crippen molar-refractivity contribution in [2.45, 2.75) is 26.8 Å². The third-order valence-electron chi connectivity index (χ3n) is 1.98. The Morgan fingerprint density at radius 3 is 2.73 bits per heavy atom. The van der Waals surface area contributed by atoms with Gasteiger partial charge in [-0.05, 0) is 6.54 Å². The molecule has 0 saturated heterocycles. The van der Waals surface area contributed by atoms with Crippen LogP contribution in [-0.2, 0) is 17.8 Å². The van der Waals surface area contributed by atoms with Crippen molar-refractivity contribution in [2.75, 3.05) is 13.1 Å². The molecule has 0 spiro atoms. The van der Waals surface area contributed by atoms with Crippen LogP contribution < -0.4 is 0 Å². The molecule has 0 amide bonds. The van der Waals surface area contributed by atoms with Gasteiger partial charge >= 0.3 is 5.97 Å². The predicted octanol–water partition coefficient (Wildman–Crippen LogP) is 0.538. The predicted molar refractivity (Wildman–Crippen MR) is 52.3 cm³/mol. The van der Waals surface area contributed by atoms with Crippen molar-refractivity contribution < 1.29 is 14.4 Å². The minimum atomic E-state index is -0.851. The Balaban J connectivity index is 2.54. The van der Waals surface area contributed by atoms with Gasteiger partial charge in [-0.1, -0.05) is 19.0 Å². The van der Waals surface area contributed by atoms with Crippen LogP contribution in [0.2, 0.25) is 0 Å². The molecule has 0 atom stereocenters. The average Bonchev–Trinajstić information content (AvgIpc) is 2.64. The van der Waals surface area contributed by atoms with Gasteiger partial charge in [-0.25, -0.2) is 0 Å². The number of aryl methyl sites for hydroxylation is 1. The summed E-state index contributed by atoms with van der Waals surface area (Å²) in [5.74, 6) is 0.266. The largest absolute Gasteiger partial charge is 0.480 e. The number of hydrogen-bond acceptors (Lipinski definition) is 5. The summed E-state index contributed by atoms with van der Waals surface area (Å²) in [5, 5.41) is 12.4. The van der Waals surface area contributed by atoms with Crippen molar-refractivity contribution in [2.24, 2.45) is 0 Å². The maximum atomic E-state index is 10.5. The van der Waals surface area contributed by atoms with Crippen LogP contribution in [0.5, 0.6) is 0 Å². The normalized spacial score (nSPS) is 10.9. The van der Waals surface area contributed by atoms with E-state index in [9.17, 15) is 4.79 Å². The molecule has 1 heterocycles. The SMILES string of the molecule is CCc1nc(CN(CC)CC(=O)O)no1. The lowest BCUT2D eigenvalue weighted by Crippen LogP contribution is -2.29. The van der Waals surface area contributed by atoms with E-state index >= 15 is 0 Å². The first-order chi connectivity index (χ1) is 7.15. The van der Waals surface area contributed by atoms with E-state index in [1.54, 1.807) is 4.90 Å². The lowest BCUT2D eigenvalue weighted by atomic mass is 10.4. The zero-order valence-corrected chi connectivity index (χ0v) is 8.93. The van der Waals surface area contributed by atoms with Crippen LogP contribution in [0.4, 0.5) is 0 Å². The molecule has 1 rings (SSSR count). The number of rotatable bonds is 6. The van der Waals surface area contributed by atoms with E-state index in [-0.39, 0.29) is 6.54 Å². The Bertz CT molecular complexity index is 324. The third-order valence-corrected chi connectivity index (χ3v) is 1.98. The lowest BCUT2D eigenvalue weighted by Gasteiger charge is -2.14. The van der Waals surface area contributed by atoms with Crippen LogP contribution in [0.3, 0.4) is 0 Å². The Hall–Kier alpha value is -1.43. The van der Waals surface area contributed by atoms with E-state index in [1.807, 2.05) is 13.8 Å². The molecular formula is C9H15N3O3. The standard InChI is InChI=1S/C9H15N3O3/c1-3-8-10-7(11-15-8)5-12(4-2)6-9(13)14/h3-6H2,1-2H3,(H,13,14). The van der Waals surface area contributed by atoms with E-state index in [0.29, 0.717) is 31.2 Å². The van der Waals surface area contributed by atoms with Gasteiger partial charge in [0.2, 0.25) is 5.89 Å². The summed E-state index contributed by atoms with van der Waals surface area (Å²) in [6.07, 6.45) is 0.693.